The van der Waals surface area contributed by atoms with Crippen LogP contribution in [0.25, 0.3) is 11.2 Å². The standard InChI is InChI=1S/C8H8BrClN4/c9-2-1-3-14-5-13-6-7(10)11-4-12-8(6)14/h4-5H,1-3H2. The Labute approximate surface area is 94.5 Å². The first-order valence-corrected chi connectivity index (χ1v) is 5.70. The molecule has 0 saturated heterocycles. The summed E-state index contributed by atoms with van der Waals surface area (Å²) in [5.74, 6) is 0. The van der Waals surface area contributed by atoms with E-state index >= 15 is 0 Å². The number of aromatic nitrogens is 4. The first kappa shape index (κ1) is 9.86. The summed E-state index contributed by atoms with van der Waals surface area (Å²) >= 11 is 9.25. The van der Waals surface area contributed by atoms with Gasteiger partial charge in [0, 0.05) is 11.9 Å². The van der Waals surface area contributed by atoms with Crippen molar-refractivity contribution in [3.63, 3.8) is 0 Å². The lowest BCUT2D eigenvalue weighted by molar-refractivity contribution is 0.698. The van der Waals surface area contributed by atoms with Crippen LogP contribution >= 0.6 is 27.5 Å². The maximum absolute atomic E-state index is 5.87. The Morgan fingerprint density at radius 3 is 3.00 bits per heavy atom. The molecule has 0 amide bonds. The van der Waals surface area contributed by atoms with Crippen LogP contribution < -0.4 is 0 Å². The molecule has 0 saturated carbocycles. The summed E-state index contributed by atoms with van der Waals surface area (Å²) in [6, 6.07) is 0. The van der Waals surface area contributed by atoms with Crippen molar-refractivity contribution < 1.29 is 0 Å². The third-order valence-corrected chi connectivity index (χ3v) is 2.73. The molecular weight excluding hydrogens is 267 g/mol. The zero-order valence-electron chi connectivity index (χ0n) is 7.32. The van der Waals surface area contributed by atoms with Crippen molar-refractivity contribution in [3.8, 4) is 0 Å². The highest BCUT2D eigenvalue weighted by Crippen LogP contribution is 2.17. The molecule has 0 aliphatic rings. The summed E-state index contributed by atoms with van der Waals surface area (Å²) in [6.45, 7) is 0.884. The van der Waals surface area contributed by atoms with E-state index in [9.17, 15) is 0 Å². The molecule has 0 unspecified atom stereocenters. The van der Waals surface area contributed by atoms with E-state index in [1.54, 1.807) is 6.33 Å². The molecular formula is C8H8BrClN4. The molecule has 2 aromatic rings. The van der Waals surface area contributed by atoms with Gasteiger partial charge in [-0.2, -0.15) is 0 Å². The van der Waals surface area contributed by atoms with Crippen LogP contribution in [0, 0.1) is 0 Å². The number of imidazole rings is 1. The van der Waals surface area contributed by atoms with Gasteiger partial charge in [0.15, 0.2) is 10.8 Å². The van der Waals surface area contributed by atoms with E-state index in [4.69, 9.17) is 11.6 Å². The molecule has 2 heterocycles. The van der Waals surface area contributed by atoms with Crippen LogP contribution in [-0.4, -0.2) is 24.8 Å². The van der Waals surface area contributed by atoms with Gasteiger partial charge < -0.3 is 4.57 Å². The largest absolute Gasteiger partial charge is 0.315 e. The average Bonchev–Trinajstić information content (AvgIpc) is 2.60. The molecule has 2 aromatic heterocycles. The monoisotopic (exact) mass is 274 g/mol. The van der Waals surface area contributed by atoms with Crippen LogP contribution in [-0.2, 0) is 6.54 Å². The number of rotatable bonds is 3. The van der Waals surface area contributed by atoms with Gasteiger partial charge in [-0.25, -0.2) is 15.0 Å². The lowest BCUT2D eigenvalue weighted by Crippen LogP contribution is -1.98. The summed E-state index contributed by atoms with van der Waals surface area (Å²) in [5, 5.41) is 1.37. The van der Waals surface area contributed by atoms with Gasteiger partial charge >= 0.3 is 0 Å². The molecule has 0 atom stereocenters. The van der Waals surface area contributed by atoms with E-state index in [0.29, 0.717) is 10.7 Å². The highest BCUT2D eigenvalue weighted by molar-refractivity contribution is 9.09. The Balaban J connectivity index is 2.42. The molecule has 0 N–H and O–H groups in total. The Morgan fingerprint density at radius 1 is 1.36 bits per heavy atom. The minimum Gasteiger partial charge on any atom is -0.315 e. The fraction of sp³-hybridized carbons (Fsp3) is 0.375. The van der Waals surface area contributed by atoms with Crippen molar-refractivity contribution in [1.29, 1.82) is 0 Å². The Hall–Kier alpha value is -0.680. The second-order valence-electron chi connectivity index (χ2n) is 2.82. The molecule has 0 spiro atoms. The maximum atomic E-state index is 5.87. The maximum Gasteiger partial charge on any atom is 0.164 e. The van der Waals surface area contributed by atoms with E-state index in [-0.39, 0.29) is 0 Å². The van der Waals surface area contributed by atoms with Crippen molar-refractivity contribution in [2.45, 2.75) is 13.0 Å². The Morgan fingerprint density at radius 2 is 2.21 bits per heavy atom. The third kappa shape index (κ3) is 1.74. The van der Waals surface area contributed by atoms with Gasteiger partial charge in [0.05, 0.1) is 6.33 Å². The molecule has 74 valence electrons. The van der Waals surface area contributed by atoms with Gasteiger partial charge in [0.1, 0.15) is 11.8 Å². The highest BCUT2D eigenvalue weighted by atomic mass is 79.9. The van der Waals surface area contributed by atoms with Crippen molar-refractivity contribution in [2.75, 3.05) is 5.33 Å². The summed E-state index contributed by atoms with van der Waals surface area (Å²) in [7, 11) is 0. The smallest absolute Gasteiger partial charge is 0.164 e. The summed E-state index contributed by atoms with van der Waals surface area (Å²) in [4.78, 5) is 12.2. The van der Waals surface area contributed by atoms with Crippen molar-refractivity contribution in [2.24, 2.45) is 0 Å². The zero-order chi connectivity index (χ0) is 9.97. The van der Waals surface area contributed by atoms with Gasteiger partial charge in [-0.3, -0.25) is 0 Å². The van der Waals surface area contributed by atoms with Crippen LogP contribution in [0.5, 0.6) is 0 Å². The third-order valence-electron chi connectivity index (χ3n) is 1.89. The predicted molar refractivity (Wildman–Crippen MR) is 58.7 cm³/mol. The number of halogens is 2. The topological polar surface area (TPSA) is 43.6 Å². The number of nitrogens with zero attached hydrogens (tertiary/aromatic N) is 4. The molecule has 0 aromatic carbocycles. The molecule has 2 rings (SSSR count). The minimum atomic E-state index is 0.410. The number of fused-ring (bicyclic) bond motifs is 1. The fourth-order valence-electron chi connectivity index (χ4n) is 1.25. The average molecular weight is 276 g/mol. The van der Waals surface area contributed by atoms with E-state index in [0.717, 1.165) is 23.9 Å². The van der Waals surface area contributed by atoms with Gasteiger partial charge in [0.2, 0.25) is 0 Å². The van der Waals surface area contributed by atoms with Gasteiger partial charge in [-0.05, 0) is 6.42 Å². The second kappa shape index (κ2) is 4.23. The van der Waals surface area contributed by atoms with E-state index in [1.165, 1.54) is 6.33 Å². The number of hydrogen-bond acceptors (Lipinski definition) is 3. The zero-order valence-corrected chi connectivity index (χ0v) is 9.66. The first-order chi connectivity index (χ1) is 6.83. The molecule has 0 aliphatic carbocycles. The normalized spacial score (nSPS) is 11.0. The molecule has 0 radical (unpaired) electrons. The quantitative estimate of drug-likeness (QED) is 0.637. The first-order valence-electron chi connectivity index (χ1n) is 4.20. The van der Waals surface area contributed by atoms with Crippen molar-refractivity contribution in [1.82, 2.24) is 19.5 Å². The Bertz CT molecular complexity index is 442. The molecule has 14 heavy (non-hydrogen) atoms. The number of aryl methyl sites for hydroxylation is 1. The summed E-state index contributed by atoms with van der Waals surface area (Å²) in [6.07, 6.45) is 4.23. The van der Waals surface area contributed by atoms with Gasteiger partial charge in [-0.1, -0.05) is 27.5 Å². The molecule has 4 nitrogen and oxygen atoms in total. The van der Waals surface area contributed by atoms with Gasteiger partial charge in [0.25, 0.3) is 0 Å². The van der Waals surface area contributed by atoms with Crippen LogP contribution in [0.1, 0.15) is 6.42 Å². The highest BCUT2D eigenvalue weighted by Gasteiger charge is 2.07. The summed E-state index contributed by atoms with van der Waals surface area (Å²) in [5.41, 5.74) is 1.47. The molecule has 6 heteroatoms. The van der Waals surface area contributed by atoms with E-state index in [1.807, 2.05) is 4.57 Å². The Kier molecular flexibility index (Phi) is 2.98. The predicted octanol–water partition coefficient (Wildman–Crippen LogP) is 2.26. The van der Waals surface area contributed by atoms with Crippen LogP contribution in [0.3, 0.4) is 0 Å². The van der Waals surface area contributed by atoms with Crippen LogP contribution in [0.15, 0.2) is 12.7 Å². The lowest BCUT2D eigenvalue weighted by atomic mass is 10.4. The fourth-order valence-corrected chi connectivity index (χ4v) is 1.67. The molecule has 0 fully saturated rings. The number of alkyl halides is 1. The SMILES string of the molecule is Clc1ncnc2c1ncn2CCCBr. The molecule has 0 bridgehead atoms. The minimum absolute atomic E-state index is 0.410. The van der Waals surface area contributed by atoms with Crippen LogP contribution in [0.4, 0.5) is 0 Å². The van der Waals surface area contributed by atoms with E-state index in [2.05, 4.69) is 30.9 Å². The number of hydrogen-bond donors (Lipinski definition) is 0. The van der Waals surface area contributed by atoms with Crippen molar-refractivity contribution in [3.05, 3.63) is 17.8 Å². The molecule has 0 aliphatic heterocycles. The van der Waals surface area contributed by atoms with Crippen LogP contribution in [0.2, 0.25) is 5.15 Å². The van der Waals surface area contributed by atoms with E-state index < -0.39 is 0 Å². The second-order valence-corrected chi connectivity index (χ2v) is 3.97. The summed E-state index contributed by atoms with van der Waals surface area (Å²) < 4.78 is 1.98. The lowest BCUT2D eigenvalue weighted by Gasteiger charge is -2.00. The van der Waals surface area contributed by atoms with Gasteiger partial charge in [-0.15, -0.1) is 0 Å². The van der Waals surface area contributed by atoms with Crippen molar-refractivity contribution >= 4 is 38.7 Å².